The minimum Gasteiger partial charge on any atom is -0.383 e. The molecule has 110 valence electrons. The number of aryl methyl sites for hydroxylation is 1. The van der Waals surface area contributed by atoms with Crippen molar-refractivity contribution >= 4 is 27.9 Å². The predicted octanol–water partition coefficient (Wildman–Crippen LogP) is 3.48. The lowest BCUT2D eigenvalue weighted by Gasteiger charge is -2.15. The third-order valence-electron chi connectivity index (χ3n) is 2.96. The number of aromatic nitrogens is 1. The maximum Gasteiger partial charge on any atom is 0.199 e. The van der Waals surface area contributed by atoms with Crippen molar-refractivity contribution in [2.45, 2.75) is 6.92 Å². The molecule has 0 atom stereocenters. The number of para-hydroxylation sites is 1. The van der Waals surface area contributed by atoms with Gasteiger partial charge in [-0.1, -0.05) is 29.5 Å². The molecule has 1 aromatic heterocycles. The molecule has 2 rings (SSSR count). The van der Waals surface area contributed by atoms with Crippen LogP contribution < -0.4 is 4.90 Å². The van der Waals surface area contributed by atoms with Gasteiger partial charge < -0.3 is 9.80 Å². The predicted molar refractivity (Wildman–Crippen MR) is 88.5 cm³/mol. The fourth-order valence-corrected chi connectivity index (χ4v) is 2.78. The molecule has 0 bridgehead atoms. The van der Waals surface area contributed by atoms with Crippen LogP contribution in [0.2, 0.25) is 0 Å². The second kappa shape index (κ2) is 6.54. The normalized spacial score (nSPS) is 10.9. The Morgan fingerprint density at radius 1 is 1.19 bits per heavy atom. The fourth-order valence-electron chi connectivity index (χ4n) is 1.81. The molecule has 0 unspecified atom stereocenters. The Morgan fingerprint density at radius 3 is 2.48 bits per heavy atom. The molecule has 0 amide bonds. The molecule has 1 aromatic carbocycles. The molecule has 1 heterocycles. The minimum absolute atomic E-state index is 0.00795. The van der Waals surface area contributed by atoms with E-state index < -0.39 is 0 Å². The number of hydrogen-bond acceptors (Lipinski definition) is 5. The van der Waals surface area contributed by atoms with Gasteiger partial charge >= 0.3 is 0 Å². The Hall–Kier alpha value is -2.14. The Bertz CT molecular complexity index is 647. The van der Waals surface area contributed by atoms with Crippen molar-refractivity contribution in [1.29, 1.82) is 0 Å². The number of allylic oxidation sites excluding steroid dienone is 1. The van der Waals surface area contributed by atoms with Gasteiger partial charge in [-0.3, -0.25) is 4.79 Å². The summed E-state index contributed by atoms with van der Waals surface area (Å²) in [4.78, 5) is 21.2. The largest absolute Gasteiger partial charge is 0.383 e. The average Bonchev–Trinajstić information content (AvgIpc) is 2.87. The summed E-state index contributed by atoms with van der Waals surface area (Å²) in [5.41, 5.74) is 1.82. The highest BCUT2D eigenvalue weighted by Crippen LogP contribution is 2.30. The first-order valence-corrected chi connectivity index (χ1v) is 7.46. The van der Waals surface area contributed by atoms with Crippen LogP contribution in [-0.2, 0) is 0 Å². The molecule has 0 aliphatic heterocycles. The smallest absolute Gasteiger partial charge is 0.199 e. The molecule has 21 heavy (non-hydrogen) atoms. The molecular formula is C16H19N3OS. The third kappa shape index (κ3) is 3.70. The molecule has 0 saturated heterocycles. The van der Waals surface area contributed by atoms with Crippen LogP contribution in [0.5, 0.6) is 0 Å². The van der Waals surface area contributed by atoms with Gasteiger partial charge in [-0.2, -0.15) is 0 Å². The lowest BCUT2D eigenvalue weighted by molar-refractivity contribution is 0.104. The van der Waals surface area contributed by atoms with E-state index >= 15 is 0 Å². The molecule has 0 N–H and O–H groups in total. The topological polar surface area (TPSA) is 36.4 Å². The van der Waals surface area contributed by atoms with Crippen LogP contribution >= 0.6 is 11.3 Å². The Balaban J connectivity index is 2.25. The quantitative estimate of drug-likeness (QED) is 0.626. The van der Waals surface area contributed by atoms with Crippen molar-refractivity contribution in [1.82, 2.24) is 9.88 Å². The summed E-state index contributed by atoms with van der Waals surface area (Å²) in [7, 11) is 5.73. The van der Waals surface area contributed by atoms with Gasteiger partial charge in [0.05, 0.1) is 10.6 Å². The number of hydrogen-bond donors (Lipinski definition) is 0. The number of benzene rings is 1. The lowest BCUT2D eigenvalue weighted by Crippen LogP contribution is -2.08. The monoisotopic (exact) mass is 301 g/mol. The van der Waals surface area contributed by atoms with Crippen molar-refractivity contribution in [3.8, 4) is 0 Å². The zero-order valence-corrected chi connectivity index (χ0v) is 13.5. The van der Waals surface area contributed by atoms with Crippen LogP contribution in [0, 0.1) is 6.92 Å². The van der Waals surface area contributed by atoms with E-state index in [2.05, 4.69) is 4.98 Å². The van der Waals surface area contributed by atoms with Crippen LogP contribution in [0.15, 0.2) is 42.6 Å². The van der Waals surface area contributed by atoms with Crippen molar-refractivity contribution in [2.24, 2.45) is 0 Å². The molecule has 0 aliphatic rings. The zero-order chi connectivity index (χ0) is 15.4. The lowest BCUT2D eigenvalue weighted by atomic mass is 10.3. The van der Waals surface area contributed by atoms with Gasteiger partial charge in [0.2, 0.25) is 0 Å². The van der Waals surface area contributed by atoms with Crippen LogP contribution in [0.4, 0.5) is 10.8 Å². The molecule has 0 radical (unpaired) electrons. The fraction of sp³-hybridized carbons (Fsp3) is 0.250. The van der Waals surface area contributed by atoms with Crippen LogP contribution in [0.3, 0.4) is 0 Å². The minimum atomic E-state index is -0.00795. The molecule has 0 aliphatic carbocycles. The van der Waals surface area contributed by atoms with E-state index in [4.69, 9.17) is 0 Å². The van der Waals surface area contributed by atoms with Crippen molar-refractivity contribution in [2.75, 3.05) is 26.0 Å². The third-order valence-corrected chi connectivity index (χ3v) is 4.21. The first kappa shape index (κ1) is 15.3. The van der Waals surface area contributed by atoms with Crippen molar-refractivity contribution < 1.29 is 4.79 Å². The number of anilines is 2. The van der Waals surface area contributed by atoms with Crippen molar-refractivity contribution in [3.05, 3.63) is 53.2 Å². The molecular weight excluding hydrogens is 282 g/mol. The molecule has 0 fully saturated rings. The molecule has 0 saturated carbocycles. The SMILES string of the molecule is Cc1nc(N(C)c2ccccc2)sc1C(=O)/C=C/N(C)C. The van der Waals surface area contributed by atoms with Crippen LogP contribution in [0.1, 0.15) is 15.4 Å². The zero-order valence-electron chi connectivity index (χ0n) is 12.7. The maximum atomic E-state index is 12.2. The van der Waals surface area contributed by atoms with Crippen molar-refractivity contribution in [3.63, 3.8) is 0 Å². The first-order valence-electron chi connectivity index (χ1n) is 6.64. The summed E-state index contributed by atoms with van der Waals surface area (Å²) in [6.07, 6.45) is 3.33. The first-order chi connectivity index (χ1) is 9.99. The van der Waals surface area contributed by atoms with Gasteiger partial charge in [0, 0.05) is 39.1 Å². The Morgan fingerprint density at radius 2 is 1.86 bits per heavy atom. The Labute approximate surface area is 129 Å². The number of carbonyl (C=O) groups excluding carboxylic acids is 1. The second-order valence-electron chi connectivity index (χ2n) is 4.95. The van der Waals surface area contributed by atoms with Gasteiger partial charge in [0.25, 0.3) is 0 Å². The van der Waals surface area contributed by atoms with Gasteiger partial charge in [-0.05, 0) is 19.1 Å². The van der Waals surface area contributed by atoms with E-state index in [9.17, 15) is 4.79 Å². The highest BCUT2D eigenvalue weighted by atomic mass is 32.1. The number of nitrogens with zero attached hydrogens (tertiary/aromatic N) is 3. The molecule has 4 nitrogen and oxygen atoms in total. The number of rotatable bonds is 5. The van der Waals surface area contributed by atoms with Gasteiger partial charge in [-0.25, -0.2) is 4.98 Å². The van der Waals surface area contributed by atoms with E-state index in [0.29, 0.717) is 4.88 Å². The highest BCUT2D eigenvalue weighted by Gasteiger charge is 2.16. The summed E-state index contributed by atoms with van der Waals surface area (Å²) in [6.45, 7) is 1.87. The van der Waals surface area contributed by atoms with Gasteiger partial charge in [0.1, 0.15) is 0 Å². The van der Waals surface area contributed by atoms with Gasteiger partial charge in [-0.15, -0.1) is 0 Å². The summed E-state index contributed by atoms with van der Waals surface area (Å²) < 4.78 is 0. The van der Waals surface area contributed by atoms with E-state index in [0.717, 1.165) is 16.5 Å². The number of thiazole rings is 1. The summed E-state index contributed by atoms with van der Waals surface area (Å²) in [5, 5.41) is 0.820. The second-order valence-corrected chi connectivity index (χ2v) is 5.93. The number of ketones is 1. The summed E-state index contributed by atoms with van der Waals surface area (Å²) in [5.74, 6) is -0.00795. The average molecular weight is 301 g/mol. The molecule has 5 heteroatoms. The van der Waals surface area contributed by atoms with Crippen LogP contribution in [0.25, 0.3) is 0 Å². The van der Waals surface area contributed by atoms with E-state index in [1.54, 1.807) is 12.3 Å². The van der Waals surface area contributed by atoms with E-state index in [-0.39, 0.29) is 5.78 Å². The molecule has 2 aromatic rings. The number of carbonyl (C=O) groups is 1. The standard InChI is InChI=1S/C16H19N3OS/c1-12-15(14(20)10-11-18(2)3)21-16(17-12)19(4)13-8-6-5-7-9-13/h5-11H,1-4H3/b11-10+. The Kier molecular flexibility index (Phi) is 4.75. The van der Waals surface area contributed by atoms with E-state index in [1.165, 1.54) is 11.3 Å². The van der Waals surface area contributed by atoms with E-state index in [1.807, 2.05) is 68.2 Å². The summed E-state index contributed by atoms with van der Waals surface area (Å²) >= 11 is 1.42. The molecule has 0 spiro atoms. The summed E-state index contributed by atoms with van der Waals surface area (Å²) in [6, 6.07) is 9.98. The van der Waals surface area contributed by atoms with Crippen LogP contribution in [-0.4, -0.2) is 36.8 Å². The van der Waals surface area contributed by atoms with Gasteiger partial charge in [0.15, 0.2) is 10.9 Å². The highest BCUT2D eigenvalue weighted by molar-refractivity contribution is 7.17. The maximum absolute atomic E-state index is 12.2.